The molecule has 0 saturated heterocycles. The average molecular weight is 349 g/mol. The maximum absolute atomic E-state index is 6.05. The smallest absolute Gasteiger partial charge is 0.141 e. The Morgan fingerprint density at radius 1 is 1.19 bits per heavy atom. The molecule has 0 aliphatic carbocycles. The number of aromatic nitrogens is 1. The number of ether oxygens (including phenoxy) is 1. The maximum Gasteiger partial charge on any atom is 0.141 e. The topological polar surface area (TPSA) is 48.1 Å². The molecule has 1 atom stereocenters. The number of pyridine rings is 1. The molecule has 1 heterocycles. The summed E-state index contributed by atoms with van der Waals surface area (Å²) in [6, 6.07) is 12.2. The van der Waals surface area contributed by atoms with E-state index in [4.69, 9.17) is 10.5 Å². The third-order valence-corrected chi connectivity index (χ3v) is 3.89. The molecule has 112 valence electrons. The molecule has 2 aromatic rings. The highest BCUT2D eigenvalue weighted by molar-refractivity contribution is 9.10. The Morgan fingerprint density at radius 2 is 1.90 bits per heavy atom. The Labute approximate surface area is 134 Å². The lowest BCUT2D eigenvalue weighted by Gasteiger charge is -2.14. The second kappa shape index (κ2) is 7.57. The van der Waals surface area contributed by atoms with E-state index in [0.717, 1.165) is 40.0 Å². The zero-order chi connectivity index (χ0) is 15.2. The first kappa shape index (κ1) is 16.0. The zero-order valence-corrected chi connectivity index (χ0v) is 14.1. The molecule has 0 aliphatic heterocycles. The van der Waals surface area contributed by atoms with Crippen LogP contribution in [0.3, 0.4) is 0 Å². The van der Waals surface area contributed by atoms with Gasteiger partial charge in [-0.1, -0.05) is 35.0 Å². The standard InChI is InChI=1S/C17H21BrN2O/c1-3-15(19)10-16-17(9-4-12(2)20-16)21-11-13-5-7-14(18)8-6-13/h4-9,15H,3,10-11,19H2,1-2H3. The molecule has 1 aromatic carbocycles. The Hall–Kier alpha value is -1.39. The van der Waals surface area contributed by atoms with Crippen molar-refractivity contribution in [3.8, 4) is 5.75 Å². The molecule has 1 unspecified atom stereocenters. The minimum absolute atomic E-state index is 0.120. The zero-order valence-electron chi connectivity index (χ0n) is 12.5. The lowest BCUT2D eigenvalue weighted by molar-refractivity contribution is 0.300. The van der Waals surface area contributed by atoms with Crippen LogP contribution < -0.4 is 10.5 Å². The Kier molecular flexibility index (Phi) is 5.76. The number of hydrogen-bond acceptors (Lipinski definition) is 3. The number of halogens is 1. The summed E-state index contributed by atoms with van der Waals surface area (Å²) in [5.74, 6) is 0.826. The molecular formula is C17H21BrN2O. The summed E-state index contributed by atoms with van der Waals surface area (Å²) in [6.07, 6.45) is 1.68. The van der Waals surface area contributed by atoms with Crippen molar-refractivity contribution in [2.75, 3.05) is 0 Å². The lowest BCUT2D eigenvalue weighted by atomic mass is 10.1. The van der Waals surface area contributed by atoms with Crippen molar-refractivity contribution in [1.82, 2.24) is 4.98 Å². The van der Waals surface area contributed by atoms with E-state index >= 15 is 0 Å². The average Bonchev–Trinajstić information content (AvgIpc) is 2.48. The van der Waals surface area contributed by atoms with Crippen LogP contribution in [0.2, 0.25) is 0 Å². The van der Waals surface area contributed by atoms with Crippen LogP contribution in [-0.2, 0) is 13.0 Å². The van der Waals surface area contributed by atoms with Crippen LogP contribution in [-0.4, -0.2) is 11.0 Å². The van der Waals surface area contributed by atoms with E-state index in [1.807, 2.05) is 43.3 Å². The predicted octanol–water partition coefficient (Wildman–Crippen LogP) is 4.01. The normalized spacial score (nSPS) is 12.2. The highest BCUT2D eigenvalue weighted by Crippen LogP contribution is 2.21. The van der Waals surface area contributed by atoms with E-state index in [1.54, 1.807) is 0 Å². The minimum atomic E-state index is 0.120. The summed E-state index contributed by atoms with van der Waals surface area (Å²) < 4.78 is 7.00. The Balaban J connectivity index is 2.09. The molecule has 2 rings (SSSR count). The fourth-order valence-corrected chi connectivity index (χ4v) is 2.27. The summed E-state index contributed by atoms with van der Waals surface area (Å²) in [6.45, 7) is 4.61. The van der Waals surface area contributed by atoms with Crippen molar-refractivity contribution in [3.63, 3.8) is 0 Å². The Bertz CT molecular complexity index is 584. The van der Waals surface area contributed by atoms with Crippen LogP contribution in [0.15, 0.2) is 40.9 Å². The summed E-state index contributed by atoms with van der Waals surface area (Å²) in [4.78, 5) is 4.57. The molecule has 1 aromatic heterocycles. The van der Waals surface area contributed by atoms with E-state index in [0.29, 0.717) is 6.61 Å². The maximum atomic E-state index is 6.05. The second-order valence-electron chi connectivity index (χ2n) is 5.19. The molecule has 0 amide bonds. The van der Waals surface area contributed by atoms with Gasteiger partial charge in [0.15, 0.2) is 0 Å². The van der Waals surface area contributed by atoms with Crippen LogP contribution in [0.25, 0.3) is 0 Å². The highest BCUT2D eigenvalue weighted by Gasteiger charge is 2.10. The number of nitrogens with two attached hydrogens (primary N) is 1. The van der Waals surface area contributed by atoms with E-state index in [1.165, 1.54) is 0 Å². The summed E-state index contributed by atoms with van der Waals surface area (Å²) in [5, 5.41) is 0. The molecule has 4 heteroatoms. The summed E-state index contributed by atoms with van der Waals surface area (Å²) in [7, 11) is 0. The number of rotatable bonds is 6. The van der Waals surface area contributed by atoms with Gasteiger partial charge in [-0.3, -0.25) is 4.98 Å². The van der Waals surface area contributed by atoms with Crippen molar-refractivity contribution < 1.29 is 4.74 Å². The molecule has 0 saturated carbocycles. The SMILES string of the molecule is CCC(N)Cc1nc(C)ccc1OCc1ccc(Br)cc1. The van der Waals surface area contributed by atoms with Gasteiger partial charge in [0.25, 0.3) is 0 Å². The first-order valence-electron chi connectivity index (χ1n) is 7.18. The van der Waals surface area contributed by atoms with Crippen LogP contribution >= 0.6 is 15.9 Å². The molecule has 21 heavy (non-hydrogen) atoms. The first-order chi connectivity index (χ1) is 10.1. The number of nitrogens with zero attached hydrogens (tertiary/aromatic N) is 1. The van der Waals surface area contributed by atoms with Crippen molar-refractivity contribution in [3.05, 3.63) is 57.8 Å². The van der Waals surface area contributed by atoms with Crippen molar-refractivity contribution in [2.24, 2.45) is 5.73 Å². The predicted molar refractivity (Wildman–Crippen MR) is 89.4 cm³/mol. The van der Waals surface area contributed by atoms with Gasteiger partial charge in [0, 0.05) is 22.6 Å². The van der Waals surface area contributed by atoms with Gasteiger partial charge < -0.3 is 10.5 Å². The van der Waals surface area contributed by atoms with Gasteiger partial charge in [-0.15, -0.1) is 0 Å². The van der Waals surface area contributed by atoms with E-state index in [9.17, 15) is 0 Å². The van der Waals surface area contributed by atoms with E-state index in [2.05, 4.69) is 27.8 Å². The minimum Gasteiger partial charge on any atom is -0.487 e. The molecular weight excluding hydrogens is 328 g/mol. The fraction of sp³-hybridized carbons (Fsp3) is 0.353. The first-order valence-corrected chi connectivity index (χ1v) is 7.97. The molecule has 0 spiro atoms. The number of hydrogen-bond donors (Lipinski definition) is 1. The lowest BCUT2D eigenvalue weighted by Crippen LogP contribution is -2.22. The van der Waals surface area contributed by atoms with Gasteiger partial charge in [-0.2, -0.15) is 0 Å². The third-order valence-electron chi connectivity index (χ3n) is 3.36. The third kappa shape index (κ3) is 4.83. The van der Waals surface area contributed by atoms with E-state index < -0.39 is 0 Å². The monoisotopic (exact) mass is 348 g/mol. The quantitative estimate of drug-likeness (QED) is 0.857. The number of aryl methyl sites for hydroxylation is 1. The number of benzene rings is 1. The van der Waals surface area contributed by atoms with Crippen LogP contribution in [0, 0.1) is 6.92 Å². The van der Waals surface area contributed by atoms with Crippen molar-refractivity contribution in [2.45, 2.75) is 39.3 Å². The highest BCUT2D eigenvalue weighted by atomic mass is 79.9. The van der Waals surface area contributed by atoms with Gasteiger partial charge in [0.05, 0.1) is 5.69 Å². The van der Waals surface area contributed by atoms with E-state index in [-0.39, 0.29) is 6.04 Å². The van der Waals surface area contributed by atoms with Crippen molar-refractivity contribution >= 4 is 15.9 Å². The van der Waals surface area contributed by atoms with Gasteiger partial charge in [0.1, 0.15) is 12.4 Å². The van der Waals surface area contributed by atoms with Gasteiger partial charge in [-0.05, 0) is 43.2 Å². The molecule has 0 aliphatic rings. The van der Waals surface area contributed by atoms with Crippen LogP contribution in [0.4, 0.5) is 0 Å². The molecule has 0 bridgehead atoms. The van der Waals surface area contributed by atoms with Gasteiger partial charge in [-0.25, -0.2) is 0 Å². The second-order valence-corrected chi connectivity index (χ2v) is 6.10. The van der Waals surface area contributed by atoms with Crippen LogP contribution in [0.5, 0.6) is 5.75 Å². The van der Waals surface area contributed by atoms with Gasteiger partial charge in [0.2, 0.25) is 0 Å². The Morgan fingerprint density at radius 3 is 2.57 bits per heavy atom. The van der Waals surface area contributed by atoms with Crippen molar-refractivity contribution in [1.29, 1.82) is 0 Å². The van der Waals surface area contributed by atoms with Crippen LogP contribution in [0.1, 0.15) is 30.3 Å². The molecule has 0 radical (unpaired) electrons. The fourth-order valence-electron chi connectivity index (χ4n) is 2.01. The summed E-state index contributed by atoms with van der Waals surface area (Å²) >= 11 is 3.43. The molecule has 2 N–H and O–H groups in total. The van der Waals surface area contributed by atoms with Gasteiger partial charge >= 0.3 is 0 Å². The summed E-state index contributed by atoms with van der Waals surface area (Å²) in [5.41, 5.74) is 9.11. The molecule has 3 nitrogen and oxygen atoms in total. The molecule has 0 fully saturated rings. The largest absolute Gasteiger partial charge is 0.487 e.